The van der Waals surface area contributed by atoms with Gasteiger partial charge in [-0.1, -0.05) is 6.08 Å². The van der Waals surface area contributed by atoms with Crippen LogP contribution < -0.4 is 5.32 Å². The maximum atomic E-state index is 3.74. The van der Waals surface area contributed by atoms with Gasteiger partial charge in [-0.25, -0.2) is 0 Å². The zero-order valence-corrected chi connectivity index (χ0v) is 8.92. The lowest BCUT2D eigenvalue weighted by Crippen LogP contribution is -2.37. The van der Waals surface area contributed by atoms with Crippen LogP contribution >= 0.6 is 0 Å². The third-order valence-corrected chi connectivity index (χ3v) is 2.72. The van der Waals surface area contributed by atoms with Crippen molar-refractivity contribution in [3.63, 3.8) is 0 Å². The standard InChI is InChI=1S/C11H22N2/c1-4-5-6-10(2)12-11-7-8-13(3)9-11/h4,10-12H,1,5-9H2,2-3H3/t10-,11-/m1/s1. The highest BCUT2D eigenvalue weighted by Crippen LogP contribution is 2.08. The van der Waals surface area contributed by atoms with E-state index >= 15 is 0 Å². The van der Waals surface area contributed by atoms with Crippen LogP contribution in [0.3, 0.4) is 0 Å². The lowest BCUT2D eigenvalue weighted by Gasteiger charge is -2.18. The molecule has 2 nitrogen and oxygen atoms in total. The van der Waals surface area contributed by atoms with E-state index < -0.39 is 0 Å². The number of likely N-dealkylation sites (tertiary alicyclic amines) is 1. The van der Waals surface area contributed by atoms with Gasteiger partial charge >= 0.3 is 0 Å². The monoisotopic (exact) mass is 182 g/mol. The van der Waals surface area contributed by atoms with E-state index in [4.69, 9.17) is 0 Å². The van der Waals surface area contributed by atoms with Gasteiger partial charge in [0.15, 0.2) is 0 Å². The van der Waals surface area contributed by atoms with Crippen molar-refractivity contribution in [1.82, 2.24) is 10.2 Å². The molecular formula is C11H22N2. The Morgan fingerprint density at radius 1 is 1.69 bits per heavy atom. The van der Waals surface area contributed by atoms with Gasteiger partial charge in [-0.15, -0.1) is 6.58 Å². The average molecular weight is 182 g/mol. The molecule has 0 aliphatic carbocycles. The van der Waals surface area contributed by atoms with E-state index in [9.17, 15) is 0 Å². The number of likely N-dealkylation sites (N-methyl/N-ethyl adjacent to an activating group) is 1. The maximum Gasteiger partial charge on any atom is 0.0209 e. The van der Waals surface area contributed by atoms with Crippen molar-refractivity contribution in [1.29, 1.82) is 0 Å². The summed E-state index contributed by atoms with van der Waals surface area (Å²) in [5, 5.41) is 3.65. The molecule has 2 atom stereocenters. The number of nitrogens with one attached hydrogen (secondary N) is 1. The third-order valence-electron chi connectivity index (χ3n) is 2.72. The predicted octanol–water partition coefficient (Wildman–Crippen LogP) is 1.63. The third kappa shape index (κ3) is 3.92. The summed E-state index contributed by atoms with van der Waals surface area (Å²) in [6.45, 7) is 8.45. The predicted molar refractivity (Wildman–Crippen MR) is 57.9 cm³/mol. The number of allylic oxidation sites excluding steroid dienone is 1. The lowest BCUT2D eigenvalue weighted by atomic mass is 10.1. The zero-order valence-electron chi connectivity index (χ0n) is 8.92. The Kier molecular flexibility index (Phi) is 4.46. The van der Waals surface area contributed by atoms with Crippen LogP contribution in [0.5, 0.6) is 0 Å². The molecule has 1 aliphatic heterocycles. The molecule has 0 aromatic carbocycles. The van der Waals surface area contributed by atoms with Crippen LogP contribution in [0.4, 0.5) is 0 Å². The minimum absolute atomic E-state index is 0.634. The smallest absolute Gasteiger partial charge is 0.0209 e. The molecule has 0 amide bonds. The van der Waals surface area contributed by atoms with Crippen molar-refractivity contribution in [2.24, 2.45) is 0 Å². The van der Waals surface area contributed by atoms with Crippen molar-refractivity contribution in [3.8, 4) is 0 Å². The second-order valence-electron chi connectivity index (χ2n) is 4.18. The average Bonchev–Trinajstić information content (AvgIpc) is 2.48. The van der Waals surface area contributed by atoms with Gasteiger partial charge in [-0.2, -0.15) is 0 Å². The van der Waals surface area contributed by atoms with E-state index in [-0.39, 0.29) is 0 Å². The van der Waals surface area contributed by atoms with Crippen molar-refractivity contribution in [2.45, 2.75) is 38.3 Å². The molecule has 0 saturated carbocycles. The highest BCUT2D eigenvalue weighted by atomic mass is 15.2. The van der Waals surface area contributed by atoms with Gasteiger partial charge in [0.1, 0.15) is 0 Å². The molecule has 0 aromatic heterocycles. The van der Waals surface area contributed by atoms with Crippen molar-refractivity contribution in [2.75, 3.05) is 20.1 Å². The maximum absolute atomic E-state index is 3.74. The van der Waals surface area contributed by atoms with Crippen molar-refractivity contribution >= 4 is 0 Å². The normalized spacial score (nSPS) is 26.2. The minimum Gasteiger partial charge on any atom is -0.310 e. The Morgan fingerprint density at radius 2 is 2.46 bits per heavy atom. The highest BCUT2D eigenvalue weighted by Gasteiger charge is 2.19. The molecule has 0 unspecified atom stereocenters. The summed E-state index contributed by atoms with van der Waals surface area (Å²) >= 11 is 0. The Hall–Kier alpha value is -0.340. The first-order chi connectivity index (χ1) is 6.22. The number of hydrogen-bond donors (Lipinski definition) is 1. The van der Waals surface area contributed by atoms with E-state index in [0.717, 1.165) is 6.42 Å². The van der Waals surface area contributed by atoms with Gasteiger partial charge in [-0.05, 0) is 39.8 Å². The molecule has 0 bridgehead atoms. The highest BCUT2D eigenvalue weighted by molar-refractivity contribution is 4.82. The molecule has 1 fully saturated rings. The first-order valence-corrected chi connectivity index (χ1v) is 5.28. The molecule has 1 rings (SSSR count). The molecule has 1 heterocycles. The van der Waals surface area contributed by atoms with E-state index in [0.29, 0.717) is 12.1 Å². The molecule has 0 aromatic rings. The van der Waals surface area contributed by atoms with Crippen molar-refractivity contribution < 1.29 is 0 Å². The second-order valence-corrected chi connectivity index (χ2v) is 4.18. The fraction of sp³-hybridized carbons (Fsp3) is 0.818. The van der Waals surface area contributed by atoms with E-state index in [1.807, 2.05) is 6.08 Å². The summed E-state index contributed by atoms with van der Waals surface area (Å²) in [6.07, 6.45) is 5.63. The summed E-state index contributed by atoms with van der Waals surface area (Å²) < 4.78 is 0. The van der Waals surface area contributed by atoms with Crippen LogP contribution in [0, 0.1) is 0 Å². The fourth-order valence-corrected chi connectivity index (χ4v) is 1.92. The van der Waals surface area contributed by atoms with Gasteiger partial charge in [0.25, 0.3) is 0 Å². The number of hydrogen-bond acceptors (Lipinski definition) is 2. The Labute approximate surface area is 82.0 Å². The van der Waals surface area contributed by atoms with Gasteiger partial charge in [0, 0.05) is 18.6 Å². The lowest BCUT2D eigenvalue weighted by molar-refractivity contribution is 0.380. The van der Waals surface area contributed by atoms with Crippen LogP contribution in [0.1, 0.15) is 26.2 Å². The summed E-state index contributed by atoms with van der Waals surface area (Å²) in [5.41, 5.74) is 0. The topological polar surface area (TPSA) is 15.3 Å². The van der Waals surface area contributed by atoms with Gasteiger partial charge in [0.2, 0.25) is 0 Å². The first kappa shape index (κ1) is 10.7. The SMILES string of the molecule is C=CCC[C@@H](C)N[C@@H]1CCN(C)C1. The molecule has 0 radical (unpaired) electrons. The van der Waals surface area contributed by atoms with Crippen LogP contribution in [-0.4, -0.2) is 37.1 Å². The zero-order chi connectivity index (χ0) is 9.68. The van der Waals surface area contributed by atoms with Crippen LogP contribution in [0.15, 0.2) is 12.7 Å². The van der Waals surface area contributed by atoms with Gasteiger partial charge in [-0.3, -0.25) is 0 Å². The van der Waals surface area contributed by atoms with E-state index in [2.05, 4.69) is 30.8 Å². The first-order valence-electron chi connectivity index (χ1n) is 5.28. The largest absolute Gasteiger partial charge is 0.310 e. The summed E-state index contributed by atoms with van der Waals surface area (Å²) in [5.74, 6) is 0. The molecule has 0 spiro atoms. The molecule has 1 N–H and O–H groups in total. The fourth-order valence-electron chi connectivity index (χ4n) is 1.92. The van der Waals surface area contributed by atoms with Gasteiger partial charge < -0.3 is 10.2 Å². The van der Waals surface area contributed by atoms with E-state index in [1.54, 1.807) is 0 Å². The van der Waals surface area contributed by atoms with E-state index in [1.165, 1.54) is 25.9 Å². The second kappa shape index (κ2) is 5.40. The van der Waals surface area contributed by atoms with Gasteiger partial charge in [0.05, 0.1) is 0 Å². The van der Waals surface area contributed by atoms with Crippen LogP contribution in [0.2, 0.25) is 0 Å². The minimum atomic E-state index is 0.634. The quantitative estimate of drug-likeness (QED) is 0.650. The Balaban J connectivity index is 2.12. The molecule has 1 saturated heterocycles. The number of nitrogens with zero attached hydrogens (tertiary/aromatic N) is 1. The summed E-state index contributed by atoms with van der Waals surface area (Å²) in [7, 11) is 2.19. The molecular weight excluding hydrogens is 160 g/mol. The molecule has 13 heavy (non-hydrogen) atoms. The van der Waals surface area contributed by atoms with Crippen molar-refractivity contribution in [3.05, 3.63) is 12.7 Å². The number of rotatable bonds is 5. The van der Waals surface area contributed by atoms with Crippen LogP contribution in [0.25, 0.3) is 0 Å². The molecule has 76 valence electrons. The Morgan fingerprint density at radius 3 is 3.00 bits per heavy atom. The van der Waals surface area contributed by atoms with Crippen LogP contribution in [-0.2, 0) is 0 Å². The Bertz CT molecular complexity index is 156. The molecule has 1 aliphatic rings. The summed E-state index contributed by atoms with van der Waals surface area (Å²) in [4.78, 5) is 2.39. The summed E-state index contributed by atoms with van der Waals surface area (Å²) in [6, 6.07) is 1.35. The molecule has 2 heteroatoms.